The lowest BCUT2D eigenvalue weighted by molar-refractivity contribution is -0.153. The van der Waals surface area contributed by atoms with Gasteiger partial charge in [0.05, 0.1) is 24.5 Å². The van der Waals surface area contributed by atoms with Crippen LogP contribution in [0.2, 0.25) is 0 Å². The summed E-state index contributed by atoms with van der Waals surface area (Å²) in [5.74, 6) is 0. The van der Waals surface area contributed by atoms with Gasteiger partial charge in [-0.05, 0) is 31.7 Å². The highest BCUT2D eigenvalue weighted by molar-refractivity contribution is 7.89. The Hall–Kier alpha value is -1.74. The fraction of sp³-hybridized carbons (Fsp3) is 0.571. The third kappa shape index (κ3) is 4.55. The van der Waals surface area contributed by atoms with Crippen molar-refractivity contribution in [2.24, 2.45) is 0 Å². The Balaban J connectivity index is 1.35. The molecule has 2 aromatic rings. The monoisotopic (exact) mass is 419 g/mol. The van der Waals surface area contributed by atoms with Crippen molar-refractivity contribution in [1.82, 2.24) is 14.1 Å². The minimum absolute atomic E-state index is 0.148. The molecule has 0 amide bonds. The van der Waals surface area contributed by atoms with Gasteiger partial charge in [0.15, 0.2) is 0 Å². The quantitative estimate of drug-likeness (QED) is 0.720. The van der Waals surface area contributed by atoms with Crippen LogP contribution in [0.5, 0.6) is 0 Å². The van der Waals surface area contributed by atoms with E-state index in [1.54, 1.807) is 15.2 Å². The minimum atomic E-state index is -3.50. The van der Waals surface area contributed by atoms with Gasteiger partial charge in [0, 0.05) is 38.9 Å². The SMILES string of the molecule is CCn1cc(S(=O)(=O)N2CCC3(CC2)CC(OCc2ccccc2)CCO3)cn1. The minimum Gasteiger partial charge on any atom is -0.375 e. The molecule has 2 aliphatic rings. The molecule has 158 valence electrons. The zero-order valence-corrected chi connectivity index (χ0v) is 17.7. The van der Waals surface area contributed by atoms with Crippen molar-refractivity contribution in [3.05, 3.63) is 48.3 Å². The van der Waals surface area contributed by atoms with E-state index in [4.69, 9.17) is 9.47 Å². The summed E-state index contributed by atoms with van der Waals surface area (Å²) in [5, 5.41) is 4.10. The van der Waals surface area contributed by atoms with Crippen molar-refractivity contribution in [1.29, 1.82) is 0 Å². The van der Waals surface area contributed by atoms with Crippen molar-refractivity contribution in [3.63, 3.8) is 0 Å². The average molecular weight is 420 g/mol. The summed E-state index contributed by atoms with van der Waals surface area (Å²) < 4.78 is 41.3. The Labute approximate surface area is 172 Å². The molecule has 2 saturated heterocycles. The maximum atomic E-state index is 12.9. The summed E-state index contributed by atoms with van der Waals surface area (Å²) in [7, 11) is -3.50. The van der Waals surface area contributed by atoms with E-state index >= 15 is 0 Å². The standard InChI is InChI=1S/C21H29N3O4S/c1-2-23-16-20(15-22-23)29(25,26)24-11-9-21(10-12-24)14-19(8-13-28-21)27-17-18-6-4-3-5-7-18/h3-7,15-16,19H,2,8-14,17H2,1H3. The Kier molecular flexibility index (Phi) is 6.06. The number of ether oxygens (including phenoxy) is 2. The van der Waals surface area contributed by atoms with Crippen molar-refractivity contribution in [2.45, 2.75) is 62.4 Å². The molecule has 1 unspecified atom stereocenters. The van der Waals surface area contributed by atoms with E-state index in [9.17, 15) is 8.42 Å². The summed E-state index contributed by atoms with van der Waals surface area (Å²) in [4.78, 5) is 0.268. The summed E-state index contributed by atoms with van der Waals surface area (Å²) in [6.45, 7) is 4.77. The number of rotatable bonds is 6. The van der Waals surface area contributed by atoms with Gasteiger partial charge in [0.2, 0.25) is 10.0 Å². The Morgan fingerprint density at radius 3 is 2.69 bits per heavy atom. The second kappa shape index (κ2) is 8.55. The molecule has 2 fully saturated rings. The van der Waals surface area contributed by atoms with E-state index in [0.717, 1.165) is 12.8 Å². The van der Waals surface area contributed by atoms with E-state index in [-0.39, 0.29) is 16.6 Å². The molecule has 29 heavy (non-hydrogen) atoms. The fourth-order valence-electron chi connectivity index (χ4n) is 4.20. The van der Waals surface area contributed by atoms with Gasteiger partial charge >= 0.3 is 0 Å². The largest absolute Gasteiger partial charge is 0.375 e. The van der Waals surface area contributed by atoms with Crippen LogP contribution in [0.3, 0.4) is 0 Å². The Morgan fingerprint density at radius 2 is 2.00 bits per heavy atom. The third-order valence-electron chi connectivity index (χ3n) is 5.98. The second-order valence-corrected chi connectivity index (χ2v) is 9.82. The molecule has 0 bridgehead atoms. The number of sulfonamides is 1. The number of hydrogen-bond donors (Lipinski definition) is 0. The first-order valence-electron chi connectivity index (χ1n) is 10.3. The molecule has 1 atom stereocenters. The molecule has 0 aliphatic carbocycles. The van der Waals surface area contributed by atoms with Gasteiger partial charge in [-0.3, -0.25) is 4.68 Å². The van der Waals surface area contributed by atoms with Gasteiger partial charge in [0.1, 0.15) is 4.90 Å². The van der Waals surface area contributed by atoms with Crippen LogP contribution in [0.1, 0.15) is 38.2 Å². The third-order valence-corrected chi connectivity index (χ3v) is 7.83. The number of aromatic nitrogens is 2. The number of nitrogens with zero attached hydrogens (tertiary/aromatic N) is 3. The molecule has 4 rings (SSSR count). The van der Waals surface area contributed by atoms with Crippen molar-refractivity contribution >= 4 is 10.0 Å². The molecule has 0 radical (unpaired) electrons. The lowest BCUT2D eigenvalue weighted by Crippen LogP contribution is -2.51. The molecule has 7 nitrogen and oxygen atoms in total. The molecule has 2 aliphatic heterocycles. The normalized spacial score (nSPS) is 22.7. The highest BCUT2D eigenvalue weighted by Crippen LogP contribution is 2.37. The van der Waals surface area contributed by atoms with Crippen LogP contribution in [0.15, 0.2) is 47.6 Å². The first-order chi connectivity index (χ1) is 14.0. The zero-order chi connectivity index (χ0) is 20.3. The van der Waals surface area contributed by atoms with Crippen molar-refractivity contribution < 1.29 is 17.9 Å². The van der Waals surface area contributed by atoms with Crippen molar-refractivity contribution in [3.8, 4) is 0 Å². The van der Waals surface area contributed by atoms with Crippen LogP contribution in [0.25, 0.3) is 0 Å². The number of hydrogen-bond acceptors (Lipinski definition) is 5. The molecule has 1 spiro atoms. The van der Waals surface area contributed by atoms with E-state index in [0.29, 0.717) is 45.7 Å². The summed E-state index contributed by atoms with van der Waals surface area (Å²) in [5.41, 5.74) is 0.890. The average Bonchev–Trinajstić information content (AvgIpc) is 3.24. The zero-order valence-electron chi connectivity index (χ0n) is 16.9. The summed E-state index contributed by atoms with van der Waals surface area (Å²) in [6.07, 6.45) is 6.28. The molecule has 3 heterocycles. The summed E-state index contributed by atoms with van der Waals surface area (Å²) in [6, 6.07) is 10.2. The number of aryl methyl sites for hydroxylation is 1. The molecule has 1 aromatic carbocycles. The predicted octanol–water partition coefficient (Wildman–Crippen LogP) is 2.82. The lowest BCUT2D eigenvalue weighted by Gasteiger charge is -2.45. The van der Waals surface area contributed by atoms with Gasteiger partial charge in [-0.25, -0.2) is 8.42 Å². The Morgan fingerprint density at radius 1 is 1.24 bits per heavy atom. The van der Waals surface area contributed by atoms with Crippen molar-refractivity contribution in [2.75, 3.05) is 19.7 Å². The number of benzene rings is 1. The van der Waals surface area contributed by atoms with Crippen LogP contribution < -0.4 is 0 Å². The van der Waals surface area contributed by atoms with Gasteiger partial charge in [-0.15, -0.1) is 0 Å². The van der Waals surface area contributed by atoms with Crippen LogP contribution in [-0.4, -0.2) is 53.9 Å². The van der Waals surface area contributed by atoms with Gasteiger partial charge in [0.25, 0.3) is 0 Å². The summed E-state index contributed by atoms with van der Waals surface area (Å²) >= 11 is 0. The number of piperidine rings is 1. The van der Waals surface area contributed by atoms with Crippen LogP contribution in [0, 0.1) is 0 Å². The smallest absolute Gasteiger partial charge is 0.246 e. The first kappa shape index (κ1) is 20.5. The molecule has 0 saturated carbocycles. The highest BCUT2D eigenvalue weighted by Gasteiger charge is 2.43. The van der Waals surface area contributed by atoms with Crippen LogP contribution in [0.4, 0.5) is 0 Å². The predicted molar refractivity (Wildman–Crippen MR) is 109 cm³/mol. The van der Waals surface area contributed by atoms with Gasteiger partial charge < -0.3 is 9.47 Å². The Bertz CT molecular complexity index is 905. The first-order valence-corrected chi connectivity index (χ1v) is 11.8. The van der Waals surface area contributed by atoms with Crippen LogP contribution >= 0.6 is 0 Å². The highest BCUT2D eigenvalue weighted by atomic mass is 32.2. The van der Waals surface area contributed by atoms with E-state index < -0.39 is 10.0 Å². The maximum Gasteiger partial charge on any atom is 0.246 e. The van der Waals surface area contributed by atoms with Crippen LogP contribution in [-0.2, 0) is 32.6 Å². The second-order valence-electron chi connectivity index (χ2n) is 7.88. The molecular formula is C21H29N3O4S. The maximum absolute atomic E-state index is 12.9. The van der Waals surface area contributed by atoms with E-state index in [1.165, 1.54) is 11.8 Å². The topological polar surface area (TPSA) is 73.7 Å². The molecular weight excluding hydrogens is 390 g/mol. The fourth-order valence-corrected chi connectivity index (χ4v) is 5.59. The lowest BCUT2D eigenvalue weighted by atomic mass is 9.84. The van der Waals surface area contributed by atoms with E-state index in [2.05, 4.69) is 17.2 Å². The molecule has 0 N–H and O–H groups in total. The molecule has 1 aromatic heterocycles. The molecule has 8 heteroatoms. The van der Waals surface area contributed by atoms with Gasteiger partial charge in [-0.2, -0.15) is 9.40 Å². The van der Waals surface area contributed by atoms with E-state index in [1.807, 2.05) is 25.1 Å². The van der Waals surface area contributed by atoms with Gasteiger partial charge in [-0.1, -0.05) is 30.3 Å².